The van der Waals surface area contributed by atoms with E-state index in [-0.39, 0.29) is 35.7 Å². The standard InChI is InChI=1S/C18H30N2O3/c1-2-18(13-21)7-10-19(11-8-18)17(23)15-4-3-9-20(12-15)16(22)14-5-6-14/h14-15,21H,2-13H2,1H3. The monoisotopic (exact) mass is 322 g/mol. The van der Waals surface area contributed by atoms with Crippen LogP contribution in [0.25, 0.3) is 0 Å². The molecule has 23 heavy (non-hydrogen) atoms. The third-order valence-electron chi connectivity index (χ3n) is 6.23. The summed E-state index contributed by atoms with van der Waals surface area (Å²) < 4.78 is 0. The SMILES string of the molecule is CCC1(CO)CCN(C(=O)C2CCCN(C(=O)C3CC3)C2)CC1. The van der Waals surface area contributed by atoms with Gasteiger partial charge in [-0.1, -0.05) is 6.92 Å². The number of rotatable bonds is 4. The Bertz CT molecular complexity index is 447. The highest BCUT2D eigenvalue weighted by Crippen LogP contribution is 2.36. The van der Waals surface area contributed by atoms with E-state index < -0.39 is 0 Å². The van der Waals surface area contributed by atoms with Gasteiger partial charge in [0, 0.05) is 38.7 Å². The Balaban J connectivity index is 1.54. The van der Waals surface area contributed by atoms with Gasteiger partial charge >= 0.3 is 0 Å². The van der Waals surface area contributed by atoms with Crippen molar-refractivity contribution in [2.45, 2.75) is 51.9 Å². The number of aliphatic hydroxyl groups is 1. The van der Waals surface area contributed by atoms with E-state index in [9.17, 15) is 14.7 Å². The van der Waals surface area contributed by atoms with E-state index in [0.29, 0.717) is 6.54 Å². The van der Waals surface area contributed by atoms with Crippen molar-refractivity contribution in [2.24, 2.45) is 17.3 Å². The second-order valence-corrected chi connectivity index (χ2v) is 7.73. The zero-order chi connectivity index (χ0) is 16.4. The van der Waals surface area contributed by atoms with Gasteiger partial charge in [-0.05, 0) is 50.4 Å². The molecule has 0 aromatic rings. The minimum Gasteiger partial charge on any atom is -0.396 e. The molecule has 1 unspecified atom stereocenters. The lowest BCUT2D eigenvalue weighted by Crippen LogP contribution is -2.50. The van der Waals surface area contributed by atoms with E-state index in [0.717, 1.165) is 64.6 Å². The molecular weight excluding hydrogens is 292 g/mol. The lowest BCUT2D eigenvalue weighted by molar-refractivity contribution is -0.143. The van der Waals surface area contributed by atoms with E-state index in [4.69, 9.17) is 0 Å². The molecule has 2 aliphatic heterocycles. The highest BCUT2D eigenvalue weighted by Gasteiger charge is 2.39. The molecule has 0 bridgehead atoms. The van der Waals surface area contributed by atoms with Crippen LogP contribution in [0.2, 0.25) is 0 Å². The topological polar surface area (TPSA) is 60.9 Å². The van der Waals surface area contributed by atoms with Crippen LogP contribution in [0.1, 0.15) is 51.9 Å². The molecule has 3 fully saturated rings. The van der Waals surface area contributed by atoms with Gasteiger partial charge in [-0.25, -0.2) is 0 Å². The van der Waals surface area contributed by atoms with Gasteiger partial charge in [-0.2, -0.15) is 0 Å². The van der Waals surface area contributed by atoms with Crippen molar-refractivity contribution in [1.29, 1.82) is 0 Å². The normalized spacial score (nSPS) is 27.8. The zero-order valence-electron chi connectivity index (χ0n) is 14.3. The molecule has 130 valence electrons. The van der Waals surface area contributed by atoms with Crippen LogP contribution in [-0.4, -0.2) is 59.5 Å². The molecule has 5 heteroatoms. The van der Waals surface area contributed by atoms with Gasteiger partial charge in [0.05, 0.1) is 5.92 Å². The fourth-order valence-electron chi connectivity index (χ4n) is 4.05. The lowest BCUT2D eigenvalue weighted by atomic mass is 9.76. The number of carbonyl (C=O) groups is 2. The average Bonchev–Trinajstić information content (AvgIpc) is 3.46. The van der Waals surface area contributed by atoms with E-state index >= 15 is 0 Å². The van der Waals surface area contributed by atoms with Gasteiger partial charge in [-0.15, -0.1) is 0 Å². The molecule has 0 aromatic carbocycles. The summed E-state index contributed by atoms with van der Waals surface area (Å²) in [7, 11) is 0. The number of hydrogen-bond acceptors (Lipinski definition) is 3. The number of amides is 2. The Morgan fingerprint density at radius 2 is 1.65 bits per heavy atom. The lowest BCUT2D eigenvalue weighted by Gasteiger charge is -2.42. The molecule has 1 N–H and O–H groups in total. The molecule has 2 saturated heterocycles. The fourth-order valence-corrected chi connectivity index (χ4v) is 4.05. The molecule has 3 rings (SSSR count). The van der Waals surface area contributed by atoms with Gasteiger partial charge in [0.15, 0.2) is 0 Å². The summed E-state index contributed by atoms with van der Waals surface area (Å²) in [6.07, 6.45) is 6.66. The molecule has 1 atom stereocenters. The molecule has 0 aromatic heterocycles. The predicted molar refractivity (Wildman–Crippen MR) is 87.7 cm³/mol. The smallest absolute Gasteiger partial charge is 0.227 e. The Labute approximate surface area is 139 Å². The molecule has 3 aliphatic rings. The minimum atomic E-state index is -0.0188. The number of nitrogens with zero attached hydrogens (tertiary/aromatic N) is 2. The second kappa shape index (κ2) is 6.80. The predicted octanol–water partition coefficient (Wildman–Crippen LogP) is 1.65. The van der Waals surface area contributed by atoms with Crippen LogP contribution < -0.4 is 0 Å². The fraction of sp³-hybridized carbons (Fsp3) is 0.889. The Morgan fingerprint density at radius 3 is 2.22 bits per heavy atom. The van der Waals surface area contributed by atoms with Gasteiger partial charge < -0.3 is 14.9 Å². The third kappa shape index (κ3) is 3.54. The Hall–Kier alpha value is -1.10. The van der Waals surface area contributed by atoms with Crippen LogP contribution in [0.4, 0.5) is 0 Å². The summed E-state index contributed by atoms with van der Waals surface area (Å²) in [5, 5.41) is 9.62. The van der Waals surface area contributed by atoms with Crippen molar-refractivity contribution >= 4 is 11.8 Å². The second-order valence-electron chi connectivity index (χ2n) is 7.73. The van der Waals surface area contributed by atoms with Gasteiger partial charge in [0.25, 0.3) is 0 Å². The van der Waals surface area contributed by atoms with E-state index in [2.05, 4.69) is 6.92 Å². The molecule has 0 radical (unpaired) electrons. The maximum Gasteiger partial charge on any atom is 0.227 e. The largest absolute Gasteiger partial charge is 0.396 e. The zero-order valence-corrected chi connectivity index (χ0v) is 14.3. The number of carbonyl (C=O) groups excluding carboxylic acids is 2. The summed E-state index contributed by atoms with van der Waals surface area (Å²) in [6, 6.07) is 0. The molecule has 2 heterocycles. The minimum absolute atomic E-state index is 0.0112. The molecule has 1 aliphatic carbocycles. The summed E-state index contributed by atoms with van der Waals surface area (Å²) in [5.74, 6) is 0.718. The number of hydrogen-bond donors (Lipinski definition) is 1. The first-order chi connectivity index (χ1) is 11.1. The van der Waals surface area contributed by atoms with E-state index in [1.807, 2.05) is 9.80 Å². The van der Waals surface area contributed by atoms with Gasteiger partial charge in [0.1, 0.15) is 0 Å². The summed E-state index contributed by atoms with van der Waals surface area (Å²) >= 11 is 0. The average molecular weight is 322 g/mol. The van der Waals surface area contributed by atoms with E-state index in [1.54, 1.807) is 0 Å². The van der Waals surface area contributed by atoms with Gasteiger partial charge in [-0.3, -0.25) is 9.59 Å². The molecular formula is C18H30N2O3. The van der Waals surface area contributed by atoms with Crippen molar-refractivity contribution in [3.8, 4) is 0 Å². The first-order valence-corrected chi connectivity index (χ1v) is 9.27. The summed E-state index contributed by atoms with van der Waals surface area (Å²) in [6.45, 7) is 5.28. The van der Waals surface area contributed by atoms with Crippen LogP contribution in [0.5, 0.6) is 0 Å². The number of likely N-dealkylation sites (tertiary alicyclic amines) is 2. The molecule has 1 saturated carbocycles. The first-order valence-electron chi connectivity index (χ1n) is 9.27. The summed E-state index contributed by atoms with van der Waals surface area (Å²) in [4.78, 5) is 29.0. The highest BCUT2D eigenvalue weighted by molar-refractivity contribution is 5.83. The number of aliphatic hydroxyl groups excluding tert-OH is 1. The highest BCUT2D eigenvalue weighted by atomic mass is 16.3. The van der Waals surface area contributed by atoms with Crippen LogP contribution in [-0.2, 0) is 9.59 Å². The van der Waals surface area contributed by atoms with Crippen LogP contribution in [0, 0.1) is 17.3 Å². The molecule has 5 nitrogen and oxygen atoms in total. The van der Waals surface area contributed by atoms with Crippen LogP contribution in [0.15, 0.2) is 0 Å². The number of piperidine rings is 2. The maximum absolute atomic E-state index is 12.8. The molecule has 2 amide bonds. The van der Waals surface area contributed by atoms with Crippen molar-refractivity contribution in [1.82, 2.24) is 9.80 Å². The maximum atomic E-state index is 12.8. The van der Waals surface area contributed by atoms with Crippen LogP contribution >= 0.6 is 0 Å². The van der Waals surface area contributed by atoms with Crippen molar-refractivity contribution in [2.75, 3.05) is 32.8 Å². The van der Waals surface area contributed by atoms with Crippen molar-refractivity contribution < 1.29 is 14.7 Å². The Kier molecular flexibility index (Phi) is 4.95. The Morgan fingerprint density at radius 1 is 1.00 bits per heavy atom. The van der Waals surface area contributed by atoms with Crippen LogP contribution in [0.3, 0.4) is 0 Å². The quantitative estimate of drug-likeness (QED) is 0.856. The van der Waals surface area contributed by atoms with Crippen molar-refractivity contribution in [3.05, 3.63) is 0 Å². The van der Waals surface area contributed by atoms with Gasteiger partial charge in [0.2, 0.25) is 11.8 Å². The third-order valence-corrected chi connectivity index (χ3v) is 6.23. The summed E-state index contributed by atoms with van der Waals surface area (Å²) in [5.41, 5.74) is 0.0112. The van der Waals surface area contributed by atoms with E-state index in [1.165, 1.54) is 0 Å². The molecule has 0 spiro atoms. The van der Waals surface area contributed by atoms with Crippen molar-refractivity contribution in [3.63, 3.8) is 0 Å². The first kappa shape index (κ1) is 16.7.